The van der Waals surface area contributed by atoms with Crippen LogP contribution in [0.15, 0.2) is 66.7 Å². The van der Waals surface area contributed by atoms with Crippen LogP contribution in [0.1, 0.15) is 0 Å². The first-order valence-electron chi connectivity index (χ1n) is 6.19. The Hall–Kier alpha value is -2.17. The zero-order valence-corrected chi connectivity index (χ0v) is 11.4. The van der Waals surface area contributed by atoms with Gasteiger partial charge in [-0.15, -0.1) is 0 Å². The topological polar surface area (TPSA) is 52.2 Å². The molecule has 0 saturated carbocycles. The standard InChI is InChI=1S/C16H13NO2S/c18-20(19)17-16-14-9-5-4-8-13(14)10-11-15(16)12-6-2-1-3-7-12/h1-11,17H,(H,18,19)/p-1. The lowest BCUT2D eigenvalue weighted by atomic mass is 9.99. The third-order valence-corrected chi connectivity index (χ3v) is 3.57. The monoisotopic (exact) mass is 282 g/mol. The predicted molar refractivity (Wildman–Crippen MR) is 81.9 cm³/mol. The average molecular weight is 282 g/mol. The summed E-state index contributed by atoms with van der Waals surface area (Å²) in [5, 5.41) is 1.89. The van der Waals surface area contributed by atoms with Crippen molar-refractivity contribution in [3.05, 3.63) is 66.7 Å². The second-order valence-electron chi connectivity index (χ2n) is 4.41. The van der Waals surface area contributed by atoms with Crippen molar-refractivity contribution < 1.29 is 8.76 Å². The molecule has 20 heavy (non-hydrogen) atoms. The van der Waals surface area contributed by atoms with Crippen molar-refractivity contribution >= 4 is 27.7 Å². The maximum Gasteiger partial charge on any atom is 0.0609 e. The number of benzene rings is 3. The molecule has 0 aliphatic heterocycles. The van der Waals surface area contributed by atoms with Crippen LogP contribution in [0, 0.1) is 0 Å². The molecule has 0 spiro atoms. The normalized spacial score (nSPS) is 12.2. The van der Waals surface area contributed by atoms with Gasteiger partial charge in [-0.25, -0.2) is 0 Å². The lowest BCUT2D eigenvalue weighted by Gasteiger charge is -2.16. The van der Waals surface area contributed by atoms with E-state index in [9.17, 15) is 8.76 Å². The van der Waals surface area contributed by atoms with Crippen LogP contribution in [0.5, 0.6) is 0 Å². The van der Waals surface area contributed by atoms with Gasteiger partial charge < -0.3 is 9.27 Å². The van der Waals surface area contributed by atoms with E-state index in [1.54, 1.807) is 0 Å². The van der Waals surface area contributed by atoms with E-state index < -0.39 is 11.3 Å². The Bertz CT molecular complexity index is 772. The zero-order valence-electron chi connectivity index (χ0n) is 10.6. The molecule has 0 bridgehead atoms. The first-order chi connectivity index (χ1) is 9.75. The van der Waals surface area contributed by atoms with Crippen LogP contribution in [0.3, 0.4) is 0 Å². The molecule has 0 aromatic heterocycles. The highest BCUT2D eigenvalue weighted by Crippen LogP contribution is 2.34. The first kappa shape index (κ1) is 12.8. The molecule has 1 N–H and O–H groups in total. The van der Waals surface area contributed by atoms with Crippen molar-refractivity contribution in [2.75, 3.05) is 4.72 Å². The summed E-state index contributed by atoms with van der Waals surface area (Å²) >= 11 is -2.36. The van der Waals surface area contributed by atoms with Gasteiger partial charge in [0.25, 0.3) is 0 Å². The molecule has 3 rings (SSSR count). The molecule has 3 aromatic rings. The van der Waals surface area contributed by atoms with Gasteiger partial charge in [-0.3, -0.25) is 4.21 Å². The van der Waals surface area contributed by atoms with Crippen LogP contribution in [0.2, 0.25) is 0 Å². The van der Waals surface area contributed by atoms with Crippen molar-refractivity contribution in [2.45, 2.75) is 0 Å². The van der Waals surface area contributed by atoms with E-state index in [1.807, 2.05) is 66.7 Å². The molecule has 3 aromatic carbocycles. The Balaban J connectivity index is 2.28. The second kappa shape index (κ2) is 5.45. The molecule has 0 saturated heterocycles. The van der Waals surface area contributed by atoms with Gasteiger partial charge in [-0.1, -0.05) is 66.7 Å². The van der Waals surface area contributed by atoms with Crippen LogP contribution in [0.25, 0.3) is 21.9 Å². The molecule has 1 atom stereocenters. The summed E-state index contributed by atoms with van der Waals surface area (Å²) < 4.78 is 24.7. The maximum atomic E-state index is 11.1. The minimum Gasteiger partial charge on any atom is -0.755 e. The van der Waals surface area contributed by atoms with Gasteiger partial charge in [-0.05, 0) is 10.9 Å². The predicted octanol–water partition coefficient (Wildman–Crippen LogP) is 3.71. The molecule has 3 nitrogen and oxygen atoms in total. The highest BCUT2D eigenvalue weighted by molar-refractivity contribution is 7.80. The van der Waals surface area contributed by atoms with Crippen molar-refractivity contribution in [3.8, 4) is 11.1 Å². The number of rotatable bonds is 3. The largest absolute Gasteiger partial charge is 0.755 e. The van der Waals surface area contributed by atoms with Crippen molar-refractivity contribution in [2.24, 2.45) is 0 Å². The highest BCUT2D eigenvalue weighted by atomic mass is 32.2. The lowest BCUT2D eigenvalue weighted by Crippen LogP contribution is -2.04. The molecular formula is C16H12NO2S-. The smallest absolute Gasteiger partial charge is 0.0609 e. The molecule has 0 amide bonds. The number of fused-ring (bicyclic) bond motifs is 1. The highest BCUT2D eigenvalue weighted by Gasteiger charge is 2.09. The second-order valence-corrected chi connectivity index (χ2v) is 5.09. The lowest BCUT2D eigenvalue weighted by molar-refractivity contribution is 0.542. The number of anilines is 1. The quantitative estimate of drug-likeness (QED) is 0.744. The van der Waals surface area contributed by atoms with Crippen molar-refractivity contribution in [1.82, 2.24) is 0 Å². The van der Waals surface area contributed by atoms with Gasteiger partial charge in [0.15, 0.2) is 0 Å². The molecule has 0 aliphatic carbocycles. The molecule has 0 heterocycles. The SMILES string of the molecule is O=S([O-])Nc1c(-c2ccccc2)ccc2ccccc12. The van der Waals surface area contributed by atoms with Crippen molar-refractivity contribution in [1.29, 1.82) is 0 Å². The Morgan fingerprint density at radius 2 is 1.55 bits per heavy atom. The van der Waals surface area contributed by atoms with Crippen LogP contribution in [-0.4, -0.2) is 8.76 Å². The fraction of sp³-hybridized carbons (Fsp3) is 0. The summed E-state index contributed by atoms with van der Waals surface area (Å²) in [5.74, 6) is 0. The third-order valence-electron chi connectivity index (χ3n) is 3.20. The maximum absolute atomic E-state index is 11.1. The van der Waals surface area contributed by atoms with Gasteiger partial charge in [0, 0.05) is 22.2 Å². The van der Waals surface area contributed by atoms with Crippen LogP contribution in [-0.2, 0) is 11.3 Å². The summed E-state index contributed by atoms with van der Waals surface area (Å²) in [6.45, 7) is 0. The van der Waals surface area contributed by atoms with E-state index >= 15 is 0 Å². The summed E-state index contributed by atoms with van der Waals surface area (Å²) in [6.07, 6.45) is 0. The van der Waals surface area contributed by atoms with E-state index in [-0.39, 0.29) is 0 Å². The fourth-order valence-corrected chi connectivity index (χ4v) is 2.71. The van der Waals surface area contributed by atoms with Gasteiger partial charge in [0.05, 0.1) is 5.69 Å². The minimum atomic E-state index is -2.36. The Morgan fingerprint density at radius 1 is 0.850 bits per heavy atom. The van der Waals surface area contributed by atoms with E-state index in [1.165, 1.54) is 0 Å². The van der Waals surface area contributed by atoms with Crippen LogP contribution < -0.4 is 4.72 Å². The molecule has 0 fully saturated rings. The molecule has 0 aliphatic rings. The summed E-state index contributed by atoms with van der Waals surface area (Å²) in [7, 11) is 0. The third kappa shape index (κ3) is 2.43. The van der Waals surface area contributed by atoms with Gasteiger partial charge in [-0.2, -0.15) is 0 Å². The van der Waals surface area contributed by atoms with E-state index in [0.717, 1.165) is 21.9 Å². The minimum absolute atomic E-state index is 0.614. The summed E-state index contributed by atoms with van der Waals surface area (Å²) in [5.41, 5.74) is 2.46. The molecular weight excluding hydrogens is 270 g/mol. The Kier molecular flexibility index (Phi) is 3.50. The molecule has 0 radical (unpaired) electrons. The van der Waals surface area contributed by atoms with Crippen molar-refractivity contribution in [3.63, 3.8) is 0 Å². The fourth-order valence-electron chi connectivity index (χ4n) is 2.32. The first-order valence-corrected chi connectivity index (χ1v) is 7.26. The van der Waals surface area contributed by atoms with E-state index in [0.29, 0.717) is 5.69 Å². The molecule has 100 valence electrons. The zero-order chi connectivity index (χ0) is 13.9. The number of hydrogen-bond acceptors (Lipinski definition) is 2. The number of nitrogens with one attached hydrogen (secondary N) is 1. The average Bonchev–Trinajstić information content (AvgIpc) is 2.48. The Labute approximate surface area is 119 Å². The molecule has 4 heteroatoms. The van der Waals surface area contributed by atoms with E-state index in [4.69, 9.17) is 0 Å². The summed E-state index contributed by atoms with van der Waals surface area (Å²) in [4.78, 5) is 0. The number of hydrogen-bond donors (Lipinski definition) is 1. The Morgan fingerprint density at radius 3 is 2.30 bits per heavy atom. The summed E-state index contributed by atoms with van der Waals surface area (Å²) in [6, 6.07) is 21.4. The van der Waals surface area contributed by atoms with Crippen LogP contribution in [0.4, 0.5) is 5.69 Å². The molecule has 1 unspecified atom stereocenters. The van der Waals surface area contributed by atoms with E-state index in [2.05, 4.69) is 4.72 Å². The van der Waals surface area contributed by atoms with Gasteiger partial charge in [0.1, 0.15) is 0 Å². The van der Waals surface area contributed by atoms with Gasteiger partial charge in [0.2, 0.25) is 0 Å². The van der Waals surface area contributed by atoms with Crippen LogP contribution >= 0.6 is 0 Å². The van der Waals surface area contributed by atoms with Gasteiger partial charge >= 0.3 is 0 Å².